The highest BCUT2D eigenvalue weighted by Crippen LogP contribution is 2.33. The van der Waals surface area contributed by atoms with E-state index in [1.165, 1.54) is 0 Å². The number of aryl methyl sites for hydroxylation is 2. The number of rotatable bonds is 5. The molecule has 0 fully saturated rings. The van der Waals surface area contributed by atoms with Gasteiger partial charge in [-0.1, -0.05) is 66.7 Å². The Hall–Kier alpha value is -3.24. The zero-order valence-electron chi connectivity index (χ0n) is 16.1. The third-order valence-electron chi connectivity index (χ3n) is 4.96. The maximum Gasteiger partial charge on any atom is 0.153 e. The van der Waals surface area contributed by atoms with Gasteiger partial charge in [-0.05, 0) is 43.2 Å². The van der Waals surface area contributed by atoms with Crippen LogP contribution in [0, 0.1) is 13.8 Å². The van der Waals surface area contributed by atoms with Crippen molar-refractivity contribution in [1.82, 2.24) is 14.8 Å². The molecule has 4 nitrogen and oxygen atoms in total. The maximum absolute atomic E-state index is 11.8. The van der Waals surface area contributed by atoms with Crippen LogP contribution in [0.4, 0.5) is 0 Å². The van der Waals surface area contributed by atoms with E-state index in [1.54, 1.807) is 0 Å². The molecule has 2 heterocycles. The number of benzene rings is 2. The number of hydrogen-bond donors (Lipinski definition) is 1. The van der Waals surface area contributed by atoms with Crippen molar-refractivity contribution in [3.8, 4) is 5.82 Å². The van der Waals surface area contributed by atoms with Gasteiger partial charge in [0.25, 0.3) is 0 Å². The summed E-state index contributed by atoms with van der Waals surface area (Å²) in [4.78, 5) is 4.79. The van der Waals surface area contributed by atoms with E-state index in [1.807, 2.05) is 103 Å². The minimum Gasteiger partial charge on any atom is -0.380 e. The van der Waals surface area contributed by atoms with Crippen molar-refractivity contribution < 1.29 is 5.11 Å². The summed E-state index contributed by atoms with van der Waals surface area (Å²) in [6, 6.07) is 27.4. The van der Waals surface area contributed by atoms with Crippen LogP contribution in [0.2, 0.25) is 0 Å². The van der Waals surface area contributed by atoms with Crippen molar-refractivity contribution in [1.29, 1.82) is 0 Å². The van der Waals surface area contributed by atoms with E-state index in [-0.39, 0.29) is 0 Å². The van der Waals surface area contributed by atoms with Crippen LogP contribution in [0.5, 0.6) is 0 Å². The van der Waals surface area contributed by atoms with Gasteiger partial charge in [-0.15, -0.1) is 0 Å². The molecule has 0 aliphatic carbocycles. The molecule has 140 valence electrons. The predicted molar refractivity (Wildman–Crippen MR) is 110 cm³/mol. The first kappa shape index (κ1) is 18.1. The van der Waals surface area contributed by atoms with E-state index in [0.29, 0.717) is 6.42 Å². The number of aromatic nitrogens is 3. The topological polar surface area (TPSA) is 50.9 Å². The molecule has 28 heavy (non-hydrogen) atoms. The van der Waals surface area contributed by atoms with Crippen molar-refractivity contribution >= 4 is 0 Å². The van der Waals surface area contributed by atoms with E-state index >= 15 is 0 Å². The van der Waals surface area contributed by atoms with Gasteiger partial charge in [0.05, 0.1) is 5.69 Å². The summed E-state index contributed by atoms with van der Waals surface area (Å²) in [6.07, 6.45) is 0.369. The Morgan fingerprint density at radius 3 is 1.96 bits per heavy atom. The normalized spacial score (nSPS) is 11.5. The Kier molecular flexibility index (Phi) is 4.80. The predicted octanol–water partition coefficient (Wildman–Crippen LogP) is 4.36. The first-order chi connectivity index (χ1) is 13.6. The molecule has 0 unspecified atom stereocenters. The lowest BCUT2D eigenvalue weighted by atomic mass is 9.82. The molecule has 0 amide bonds. The molecule has 4 rings (SSSR count). The van der Waals surface area contributed by atoms with Gasteiger partial charge in [-0.3, -0.25) is 0 Å². The quantitative estimate of drug-likeness (QED) is 0.569. The van der Waals surface area contributed by atoms with Gasteiger partial charge in [0.2, 0.25) is 0 Å². The van der Waals surface area contributed by atoms with Crippen LogP contribution >= 0.6 is 0 Å². The molecule has 4 aromatic rings. The van der Waals surface area contributed by atoms with Gasteiger partial charge in [0.15, 0.2) is 5.82 Å². The molecule has 0 aliphatic rings. The molecule has 0 atom stereocenters. The second-order valence-corrected chi connectivity index (χ2v) is 7.10. The highest BCUT2D eigenvalue weighted by Gasteiger charge is 2.32. The molecular weight excluding hydrogens is 346 g/mol. The first-order valence-electron chi connectivity index (χ1n) is 9.39. The summed E-state index contributed by atoms with van der Waals surface area (Å²) in [7, 11) is 0. The largest absolute Gasteiger partial charge is 0.380 e. The van der Waals surface area contributed by atoms with Crippen LogP contribution in [0.25, 0.3) is 5.82 Å². The Morgan fingerprint density at radius 2 is 1.43 bits per heavy atom. The molecule has 0 spiro atoms. The van der Waals surface area contributed by atoms with Crippen molar-refractivity contribution in [3.63, 3.8) is 0 Å². The minimum atomic E-state index is -1.16. The van der Waals surface area contributed by atoms with Crippen LogP contribution in [0.1, 0.15) is 28.2 Å². The van der Waals surface area contributed by atoms with Crippen molar-refractivity contribution in [3.05, 3.63) is 113 Å². The van der Waals surface area contributed by atoms with Gasteiger partial charge < -0.3 is 5.11 Å². The van der Waals surface area contributed by atoms with Gasteiger partial charge in [-0.2, -0.15) is 5.10 Å². The molecule has 0 saturated heterocycles. The molecule has 4 heteroatoms. The minimum absolute atomic E-state index is 0.369. The highest BCUT2D eigenvalue weighted by atomic mass is 16.3. The Bertz CT molecular complexity index is 1030. The van der Waals surface area contributed by atoms with E-state index in [4.69, 9.17) is 4.98 Å². The van der Waals surface area contributed by atoms with Gasteiger partial charge in [-0.25, -0.2) is 9.67 Å². The van der Waals surface area contributed by atoms with Gasteiger partial charge in [0.1, 0.15) is 5.60 Å². The summed E-state index contributed by atoms with van der Waals surface area (Å²) >= 11 is 0. The molecule has 0 radical (unpaired) electrons. The fourth-order valence-electron chi connectivity index (χ4n) is 3.60. The third-order valence-corrected chi connectivity index (χ3v) is 4.96. The average Bonchev–Trinajstić information content (AvgIpc) is 3.07. The third kappa shape index (κ3) is 3.47. The van der Waals surface area contributed by atoms with Crippen molar-refractivity contribution in [2.24, 2.45) is 0 Å². The lowest BCUT2D eigenvalue weighted by Crippen LogP contribution is -2.30. The highest BCUT2D eigenvalue weighted by molar-refractivity contribution is 5.38. The van der Waals surface area contributed by atoms with Crippen molar-refractivity contribution in [2.75, 3.05) is 0 Å². The van der Waals surface area contributed by atoms with Crippen LogP contribution in [0.15, 0.2) is 84.9 Å². The lowest BCUT2D eigenvalue weighted by Gasteiger charge is -2.29. The van der Waals surface area contributed by atoms with Crippen LogP contribution in [-0.4, -0.2) is 19.9 Å². The molecule has 2 aromatic carbocycles. The fourth-order valence-corrected chi connectivity index (χ4v) is 3.60. The second-order valence-electron chi connectivity index (χ2n) is 7.10. The second kappa shape index (κ2) is 7.41. The zero-order valence-corrected chi connectivity index (χ0v) is 16.1. The average molecular weight is 369 g/mol. The van der Waals surface area contributed by atoms with E-state index in [2.05, 4.69) is 5.10 Å². The summed E-state index contributed by atoms with van der Waals surface area (Å²) in [5, 5.41) is 16.3. The molecule has 0 bridgehead atoms. The Morgan fingerprint density at radius 1 is 0.821 bits per heavy atom. The number of pyridine rings is 1. The molecular formula is C24H23N3O. The fraction of sp³-hybridized carbons (Fsp3) is 0.167. The summed E-state index contributed by atoms with van der Waals surface area (Å²) in [5.74, 6) is 0.756. The van der Waals surface area contributed by atoms with E-state index in [9.17, 15) is 5.11 Å². The summed E-state index contributed by atoms with van der Waals surface area (Å²) in [6.45, 7) is 3.98. The number of aliphatic hydroxyl groups is 1. The van der Waals surface area contributed by atoms with E-state index < -0.39 is 5.60 Å². The molecule has 2 aromatic heterocycles. The first-order valence-corrected chi connectivity index (χ1v) is 9.39. The van der Waals surface area contributed by atoms with Gasteiger partial charge in [0, 0.05) is 17.8 Å². The molecule has 1 N–H and O–H groups in total. The SMILES string of the molecule is Cc1cc(C)n(-c2cccc(CC(O)(c3ccccc3)c3ccccc3)n2)n1. The van der Waals surface area contributed by atoms with Crippen LogP contribution < -0.4 is 0 Å². The number of hydrogen-bond acceptors (Lipinski definition) is 3. The molecule has 0 aliphatic heterocycles. The van der Waals surface area contributed by atoms with Gasteiger partial charge >= 0.3 is 0 Å². The summed E-state index contributed by atoms with van der Waals surface area (Å²) in [5.41, 5.74) is 3.32. The Balaban J connectivity index is 1.76. The summed E-state index contributed by atoms with van der Waals surface area (Å²) < 4.78 is 1.84. The molecule has 0 saturated carbocycles. The van der Waals surface area contributed by atoms with Crippen molar-refractivity contribution in [2.45, 2.75) is 25.9 Å². The van der Waals surface area contributed by atoms with Crippen LogP contribution in [0.3, 0.4) is 0 Å². The smallest absolute Gasteiger partial charge is 0.153 e. The lowest BCUT2D eigenvalue weighted by molar-refractivity contribution is 0.0800. The van der Waals surface area contributed by atoms with E-state index in [0.717, 1.165) is 34.0 Å². The monoisotopic (exact) mass is 369 g/mol. The van der Waals surface area contributed by atoms with Crippen LogP contribution in [-0.2, 0) is 12.0 Å². The standard InChI is InChI=1S/C24H23N3O/c1-18-16-19(2)27(26-18)23-15-9-14-22(25-23)17-24(28,20-10-5-3-6-11-20)21-12-7-4-8-13-21/h3-16,28H,17H2,1-2H3. The number of nitrogens with zero attached hydrogens (tertiary/aromatic N) is 3. The zero-order chi connectivity index (χ0) is 19.6. The Labute approximate surface area is 165 Å². The maximum atomic E-state index is 11.8.